The summed E-state index contributed by atoms with van der Waals surface area (Å²) in [6, 6.07) is 2.27. The summed E-state index contributed by atoms with van der Waals surface area (Å²) >= 11 is 8.98. The number of amides is 1. The van der Waals surface area contributed by atoms with Crippen LogP contribution in [0.25, 0.3) is 0 Å². The minimum atomic E-state index is -0.994. The minimum Gasteiger partial charge on any atom is -0.409 e. The van der Waals surface area contributed by atoms with Gasteiger partial charge in [-0.05, 0) is 40.9 Å². The van der Waals surface area contributed by atoms with E-state index in [9.17, 15) is 9.18 Å². The first-order valence-corrected chi connectivity index (χ1v) is 6.52. The number of rotatable bonds is 3. The highest BCUT2D eigenvalue weighted by molar-refractivity contribution is 9.10. The van der Waals surface area contributed by atoms with Crippen LogP contribution < -0.4 is 11.1 Å². The molecule has 0 aliphatic heterocycles. The monoisotopic (exact) mass is 349 g/mol. The molecule has 1 fully saturated rings. The zero-order valence-electron chi connectivity index (χ0n) is 9.58. The maximum Gasteiger partial charge on any atom is 0.238 e. The third kappa shape index (κ3) is 2.52. The standard InChI is InChI=1S/C11H10BrClFN3O2/c12-6-3-5(14)4-7(13)8(6)16-10(18)11(1-2-11)9(15)17-19/h3-4,19H,1-2H2,(H2,15,17)(H,16,18). The number of nitrogens with two attached hydrogens (primary N) is 1. The van der Waals surface area contributed by atoms with Gasteiger partial charge in [0.2, 0.25) is 5.91 Å². The van der Waals surface area contributed by atoms with Gasteiger partial charge in [-0.1, -0.05) is 16.8 Å². The molecule has 1 aromatic rings. The highest BCUT2D eigenvalue weighted by Crippen LogP contribution is 2.47. The van der Waals surface area contributed by atoms with Crippen LogP contribution in [0.1, 0.15) is 12.8 Å². The molecule has 0 unspecified atom stereocenters. The van der Waals surface area contributed by atoms with Crippen molar-refractivity contribution in [3.8, 4) is 0 Å². The largest absolute Gasteiger partial charge is 0.409 e. The number of benzene rings is 1. The molecule has 19 heavy (non-hydrogen) atoms. The Morgan fingerprint density at radius 1 is 1.58 bits per heavy atom. The Balaban J connectivity index is 2.26. The lowest BCUT2D eigenvalue weighted by Gasteiger charge is -2.15. The zero-order valence-corrected chi connectivity index (χ0v) is 11.9. The lowest BCUT2D eigenvalue weighted by molar-refractivity contribution is -0.119. The van der Waals surface area contributed by atoms with Crippen molar-refractivity contribution in [2.24, 2.45) is 16.3 Å². The summed E-state index contributed by atoms with van der Waals surface area (Å²) in [6.07, 6.45) is 0.982. The quantitative estimate of drug-likeness (QED) is 0.339. The number of oxime groups is 1. The Morgan fingerprint density at radius 2 is 2.21 bits per heavy atom. The van der Waals surface area contributed by atoms with Gasteiger partial charge in [-0.25, -0.2) is 4.39 Å². The molecule has 2 rings (SSSR count). The lowest BCUT2D eigenvalue weighted by atomic mass is 10.1. The number of carbonyl (C=O) groups excluding carboxylic acids is 1. The number of nitrogens with one attached hydrogen (secondary N) is 1. The van der Waals surface area contributed by atoms with Crippen molar-refractivity contribution in [3.05, 3.63) is 27.4 Å². The van der Waals surface area contributed by atoms with Gasteiger partial charge in [-0.2, -0.15) is 0 Å². The van der Waals surface area contributed by atoms with Crippen molar-refractivity contribution >= 4 is 45.0 Å². The number of carbonyl (C=O) groups is 1. The van der Waals surface area contributed by atoms with Crippen LogP contribution in [-0.4, -0.2) is 17.0 Å². The van der Waals surface area contributed by atoms with E-state index in [0.29, 0.717) is 17.3 Å². The number of nitrogens with zero attached hydrogens (tertiary/aromatic N) is 1. The molecule has 102 valence electrons. The third-order valence-corrected chi connectivity index (χ3v) is 3.95. The second-order valence-corrected chi connectivity index (χ2v) is 5.53. The molecule has 8 heteroatoms. The van der Waals surface area contributed by atoms with Crippen LogP contribution in [0, 0.1) is 11.2 Å². The molecule has 5 nitrogen and oxygen atoms in total. The molecule has 1 aliphatic rings. The van der Waals surface area contributed by atoms with Crippen molar-refractivity contribution in [3.63, 3.8) is 0 Å². The van der Waals surface area contributed by atoms with Crippen molar-refractivity contribution in [2.45, 2.75) is 12.8 Å². The van der Waals surface area contributed by atoms with Gasteiger partial charge < -0.3 is 16.3 Å². The Labute approximate surface area is 121 Å². The number of halogens is 3. The lowest BCUT2D eigenvalue weighted by Crippen LogP contribution is -2.36. The van der Waals surface area contributed by atoms with E-state index in [1.807, 2.05) is 0 Å². The van der Waals surface area contributed by atoms with E-state index in [-0.39, 0.29) is 16.5 Å². The summed E-state index contributed by atoms with van der Waals surface area (Å²) in [7, 11) is 0. The van der Waals surface area contributed by atoms with Crippen LogP contribution in [0.5, 0.6) is 0 Å². The number of anilines is 1. The second kappa shape index (κ2) is 4.97. The second-order valence-electron chi connectivity index (χ2n) is 4.27. The molecule has 0 saturated heterocycles. The average Bonchev–Trinajstić information content (AvgIpc) is 3.13. The molecule has 1 amide bonds. The van der Waals surface area contributed by atoms with Gasteiger partial charge in [0.15, 0.2) is 5.84 Å². The van der Waals surface area contributed by atoms with E-state index in [2.05, 4.69) is 26.4 Å². The van der Waals surface area contributed by atoms with Crippen LogP contribution >= 0.6 is 27.5 Å². The van der Waals surface area contributed by atoms with Crippen molar-refractivity contribution < 1.29 is 14.4 Å². The average molecular weight is 351 g/mol. The normalized spacial score (nSPS) is 17.1. The summed E-state index contributed by atoms with van der Waals surface area (Å²) < 4.78 is 13.4. The predicted octanol–water partition coefficient (Wildman–Crippen LogP) is 2.71. The molecule has 0 spiro atoms. The number of hydrogen-bond donors (Lipinski definition) is 3. The molecule has 0 heterocycles. The molecule has 0 bridgehead atoms. The Bertz CT molecular complexity index is 552. The molecule has 1 aliphatic carbocycles. The van der Waals surface area contributed by atoms with E-state index in [0.717, 1.165) is 6.07 Å². The zero-order chi connectivity index (χ0) is 14.2. The molecular formula is C11H10BrClFN3O2. The van der Waals surface area contributed by atoms with Gasteiger partial charge in [0.1, 0.15) is 11.2 Å². The topological polar surface area (TPSA) is 87.7 Å². The third-order valence-electron chi connectivity index (χ3n) is 3.03. The van der Waals surface area contributed by atoms with Crippen molar-refractivity contribution in [1.29, 1.82) is 0 Å². The van der Waals surface area contributed by atoms with E-state index in [1.165, 1.54) is 6.07 Å². The van der Waals surface area contributed by atoms with Crippen molar-refractivity contribution in [2.75, 3.05) is 5.32 Å². The smallest absolute Gasteiger partial charge is 0.238 e. The van der Waals surface area contributed by atoms with Crippen LogP contribution in [-0.2, 0) is 4.79 Å². The summed E-state index contributed by atoms with van der Waals surface area (Å²) in [5, 5.41) is 14.2. The summed E-state index contributed by atoms with van der Waals surface area (Å²) in [4.78, 5) is 12.1. The first-order chi connectivity index (χ1) is 8.90. The first-order valence-electron chi connectivity index (χ1n) is 5.35. The molecular weight excluding hydrogens is 340 g/mol. The van der Waals surface area contributed by atoms with E-state index >= 15 is 0 Å². The van der Waals surface area contributed by atoms with E-state index in [1.54, 1.807) is 0 Å². The van der Waals surface area contributed by atoms with E-state index in [4.69, 9.17) is 22.5 Å². The number of hydrogen-bond acceptors (Lipinski definition) is 3. The fraction of sp³-hybridized carbons (Fsp3) is 0.273. The fourth-order valence-electron chi connectivity index (χ4n) is 1.72. The van der Waals surface area contributed by atoms with Gasteiger partial charge in [-0.15, -0.1) is 0 Å². The molecule has 0 radical (unpaired) electrons. The Morgan fingerprint density at radius 3 is 2.68 bits per heavy atom. The van der Waals surface area contributed by atoms with E-state index < -0.39 is 17.1 Å². The van der Waals surface area contributed by atoms with Crippen LogP contribution in [0.2, 0.25) is 5.02 Å². The van der Waals surface area contributed by atoms with Crippen molar-refractivity contribution in [1.82, 2.24) is 0 Å². The van der Waals surface area contributed by atoms with Gasteiger partial charge in [-0.3, -0.25) is 4.79 Å². The summed E-state index contributed by atoms with van der Waals surface area (Å²) in [6.45, 7) is 0. The van der Waals surface area contributed by atoms with Gasteiger partial charge >= 0.3 is 0 Å². The summed E-state index contributed by atoms with van der Waals surface area (Å²) in [5.74, 6) is -1.09. The highest BCUT2D eigenvalue weighted by Gasteiger charge is 2.54. The Hall–Kier alpha value is -1.34. The van der Waals surface area contributed by atoms with Gasteiger partial charge in [0.05, 0.1) is 10.7 Å². The number of amidine groups is 1. The maximum absolute atomic E-state index is 13.1. The highest BCUT2D eigenvalue weighted by atomic mass is 79.9. The first kappa shape index (κ1) is 14.1. The minimum absolute atomic E-state index is 0.0653. The van der Waals surface area contributed by atoms with Gasteiger partial charge in [0.25, 0.3) is 0 Å². The Kier molecular flexibility index (Phi) is 3.69. The SMILES string of the molecule is NC(=NO)C1(C(=O)Nc2c(Cl)cc(F)cc2Br)CC1. The molecule has 0 aromatic heterocycles. The fourth-order valence-corrected chi connectivity index (χ4v) is 2.61. The molecule has 1 aromatic carbocycles. The molecule has 0 atom stereocenters. The van der Waals surface area contributed by atoms with Gasteiger partial charge in [0, 0.05) is 4.47 Å². The van der Waals surface area contributed by atoms with Crippen LogP contribution in [0.4, 0.5) is 10.1 Å². The summed E-state index contributed by atoms with van der Waals surface area (Å²) in [5.41, 5.74) is 4.76. The van der Waals surface area contributed by atoms with Crippen LogP contribution in [0.15, 0.2) is 21.8 Å². The van der Waals surface area contributed by atoms with Crippen LogP contribution in [0.3, 0.4) is 0 Å². The maximum atomic E-state index is 13.1. The molecule has 1 saturated carbocycles. The molecule has 4 N–H and O–H groups in total. The predicted molar refractivity (Wildman–Crippen MR) is 72.8 cm³/mol.